The van der Waals surface area contributed by atoms with Crippen molar-refractivity contribution in [1.29, 1.82) is 0 Å². The zero-order valence-corrected chi connectivity index (χ0v) is 13.2. The lowest BCUT2D eigenvalue weighted by molar-refractivity contribution is 0.606. The van der Waals surface area contributed by atoms with Crippen LogP contribution in [0.5, 0.6) is 0 Å². The summed E-state index contributed by atoms with van der Waals surface area (Å²) in [7, 11) is 0. The highest BCUT2D eigenvalue weighted by Gasteiger charge is 2.18. The highest BCUT2D eigenvalue weighted by molar-refractivity contribution is 9.10. The molecule has 0 aliphatic heterocycles. The molecule has 1 N–H and O–H groups in total. The Morgan fingerprint density at radius 2 is 2.24 bits per heavy atom. The summed E-state index contributed by atoms with van der Waals surface area (Å²) < 4.78 is 1.21. The van der Waals surface area contributed by atoms with E-state index in [1.807, 2.05) is 22.7 Å². The molecule has 0 saturated carbocycles. The van der Waals surface area contributed by atoms with Crippen LogP contribution in [-0.2, 0) is 0 Å². The van der Waals surface area contributed by atoms with Gasteiger partial charge in [-0.05, 0) is 64.3 Å². The molecule has 4 heteroatoms. The van der Waals surface area contributed by atoms with Crippen LogP contribution in [-0.4, -0.2) is 6.54 Å². The summed E-state index contributed by atoms with van der Waals surface area (Å²) in [5.74, 6) is 0. The normalized spacial score (nSPS) is 12.9. The second kappa shape index (κ2) is 6.14. The Bertz CT molecular complexity index is 475. The van der Waals surface area contributed by atoms with Crippen LogP contribution in [0.15, 0.2) is 27.4 Å². The SMILES string of the molecule is CCCNC(c1csc(C)c1)c1sccc1Br. The summed E-state index contributed by atoms with van der Waals surface area (Å²) in [6.07, 6.45) is 1.16. The highest BCUT2D eigenvalue weighted by Crippen LogP contribution is 2.34. The topological polar surface area (TPSA) is 12.0 Å². The third kappa shape index (κ3) is 3.19. The summed E-state index contributed by atoms with van der Waals surface area (Å²) in [5.41, 5.74) is 1.38. The first-order valence-electron chi connectivity index (χ1n) is 5.73. The summed E-state index contributed by atoms with van der Waals surface area (Å²) >= 11 is 7.26. The van der Waals surface area contributed by atoms with E-state index in [1.165, 1.54) is 19.8 Å². The standard InChI is InChI=1S/C13H16BrNS2/c1-3-5-15-12(10-7-9(2)17-8-10)13-11(14)4-6-16-13/h4,6-8,12,15H,3,5H2,1-2H3. The van der Waals surface area contributed by atoms with E-state index in [0.29, 0.717) is 6.04 Å². The minimum absolute atomic E-state index is 0.328. The maximum atomic E-state index is 3.64. The summed E-state index contributed by atoms with van der Waals surface area (Å²) in [6, 6.07) is 4.73. The first-order chi connectivity index (χ1) is 8.22. The molecule has 1 unspecified atom stereocenters. The molecule has 0 saturated heterocycles. The quantitative estimate of drug-likeness (QED) is 0.816. The Labute approximate surface area is 119 Å². The van der Waals surface area contributed by atoms with Crippen molar-refractivity contribution in [2.75, 3.05) is 6.54 Å². The van der Waals surface area contributed by atoms with Gasteiger partial charge < -0.3 is 5.32 Å². The first kappa shape index (κ1) is 13.3. The maximum absolute atomic E-state index is 3.64. The molecule has 2 aromatic rings. The minimum atomic E-state index is 0.328. The van der Waals surface area contributed by atoms with Gasteiger partial charge >= 0.3 is 0 Å². The van der Waals surface area contributed by atoms with Crippen molar-refractivity contribution in [3.63, 3.8) is 0 Å². The molecular formula is C13H16BrNS2. The van der Waals surface area contributed by atoms with E-state index in [2.05, 4.69) is 58.0 Å². The van der Waals surface area contributed by atoms with E-state index >= 15 is 0 Å². The third-order valence-electron chi connectivity index (χ3n) is 2.59. The predicted molar refractivity (Wildman–Crippen MR) is 81.2 cm³/mol. The number of rotatable bonds is 5. The fourth-order valence-electron chi connectivity index (χ4n) is 1.78. The van der Waals surface area contributed by atoms with Gasteiger partial charge in [0.1, 0.15) is 0 Å². The van der Waals surface area contributed by atoms with Crippen LogP contribution >= 0.6 is 38.6 Å². The highest BCUT2D eigenvalue weighted by atomic mass is 79.9. The lowest BCUT2D eigenvalue weighted by Gasteiger charge is -2.16. The van der Waals surface area contributed by atoms with Crippen LogP contribution in [0.2, 0.25) is 0 Å². The number of hydrogen-bond acceptors (Lipinski definition) is 3. The molecule has 1 nitrogen and oxygen atoms in total. The molecule has 0 radical (unpaired) electrons. The zero-order valence-electron chi connectivity index (χ0n) is 10.00. The molecule has 0 bridgehead atoms. The largest absolute Gasteiger partial charge is 0.306 e. The average Bonchev–Trinajstić information content (AvgIpc) is 2.90. The van der Waals surface area contributed by atoms with E-state index in [0.717, 1.165) is 13.0 Å². The van der Waals surface area contributed by atoms with Crippen molar-refractivity contribution < 1.29 is 0 Å². The van der Waals surface area contributed by atoms with E-state index in [1.54, 1.807) is 0 Å². The number of aryl methyl sites for hydroxylation is 1. The average molecular weight is 330 g/mol. The second-order valence-electron chi connectivity index (χ2n) is 4.01. The van der Waals surface area contributed by atoms with Gasteiger partial charge in [-0.1, -0.05) is 6.92 Å². The van der Waals surface area contributed by atoms with Gasteiger partial charge in [-0.3, -0.25) is 0 Å². The molecule has 17 heavy (non-hydrogen) atoms. The molecule has 0 aromatic carbocycles. The Hall–Kier alpha value is -0.160. The van der Waals surface area contributed by atoms with Gasteiger partial charge in [0.15, 0.2) is 0 Å². The van der Waals surface area contributed by atoms with Crippen molar-refractivity contribution in [3.05, 3.63) is 42.7 Å². The minimum Gasteiger partial charge on any atom is -0.306 e. The molecule has 2 heterocycles. The Morgan fingerprint density at radius 1 is 1.41 bits per heavy atom. The lowest BCUT2D eigenvalue weighted by atomic mass is 10.1. The molecule has 2 rings (SSSR count). The molecule has 2 aromatic heterocycles. The van der Waals surface area contributed by atoms with Crippen molar-refractivity contribution in [3.8, 4) is 0 Å². The first-order valence-corrected chi connectivity index (χ1v) is 8.29. The summed E-state index contributed by atoms with van der Waals surface area (Å²) in [6.45, 7) is 5.41. The predicted octanol–water partition coefficient (Wildman–Crippen LogP) is 4.97. The van der Waals surface area contributed by atoms with Gasteiger partial charge in [-0.15, -0.1) is 22.7 Å². The van der Waals surface area contributed by atoms with Gasteiger partial charge in [0, 0.05) is 14.2 Å². The van der Waals surface area contributed by atoms with Crippen LogP contribution in [0.3, 0.4) is 0 Å². The van der Waals surface area contributed by atoms with Gasteiger partial charge in [-0.25, -0.2) is 0 Å². The molecule has 0 amide bonds. The molecule has 0 fully saturated rings. The zero-order chi connectivity index (χ0) is 12.3. The third-order valence-corrected chi connectivity index (χ3v) is 5.40. The monoisotopic (exact) mass is 329 g/mol. The number of nitrogens with one attached hydrogen (secondary N) is 1. The van der Waals surface area contributed by atoms with Gasteiger partial charge in [0.2, 0.25) is 0 Å². The lowest BCUT2D eigenvalue weighted by Crippen LogP contribution is -2.22. The summed E-state index contributed by atoms with van der Waals surface area (Å²) in [4.78, 5) is 2.74. The van der Waals surface area contributed by atoms with Crippen molar-refractivity contribution in [2.24, 2.45) is 0 Å². The molecule has 92 valence electrons. The number of thiophene rings is 2. The maximum Gasteiger partial charge on any atom is 0.0690 e. The van der Waals surface area contributed by atoms with Gasteiger partial charge in [0.05, 0.1) is 6.04 Å². The van der Waals surface area contributed by atoms with Crippen LogP contribution in [0.25, 0.3) is 0 Å². The smallest absolute Gasteiger partial charge is 0.0690 e. The Morgan fingerprint density at radius 3 is 2.76 bits per heavy atom. The van der Waals surface area contributed by atoms with Gasteiger partial charge in [0.25, 0.3) is 0 Å². The fourth-order valence-corrected chi connectivity index (χ4v) is 4.21. The van der Waals surface area contributed by atoms with Crippen LogP contribution in [0.4, 0.5) is 0 Å². The fraction of sp³-hybridized carbons (Fsp3) is 0.385. The van der Waals surface area contributed by atoms with Crippen LogP contribution in [0.1, 0.15) is 34.7 Å². The molecular weight excluding hydrogens is 314 g/mol. The second-order valence-corrected chi connectivity index (χ2v) is 6.93. The number of halogens is 1. The molecule has 1 atom stereocenters. The van der Waals surface area contributed by atoms with Crippen LogP contribution in [0, 0.1) is 6.92 Å². The van der Waals surface area contributed by atoms with E-state index in [9.17, 15) is 0 Å². The molecule has 0 aliphatic carbocycles. The summed E-state index contributed by atoms with van der Waals surface area (Å²) in [5, 5.41) is 8.03. The van der Waals surface area contributed by atoms with E-state index in [4.69, 9.17) is 0 Å². The Balaban J connectivity index is 2.28. The van der Waals surface area contributed by atoms with Gasteiger partial charge in [-0.2, -0.15) is 0 Å². The Kier molecular flexibility index (Phi) is 4.79. The van der Waals surface area contributed by atoms with Crippen LogP contribution < -0.4 is 5.32 Å². The van der Waals surface area contributed by atoms with E-state index < -0.39 is 0 Å². The van der Waals surface area contributed by atoms with E-state index in [-0.39, 0.29) is 0 Å². The van der Waals surface area contributed by atoms with Crippen molar-refractivity contribution >= 4 is 38.6 Å². The van der Waals surface area contributed by atoms with Crippen molar-refractivity contribution in [1.82, 2.24) is 5.32 Å². The molecule has 0 spiro atoms. The molecule has 0 aliphatic rings. The number of hydrogen-bond donors (Lipinski definition) is 1. The van der Waals surface area contributed by atoms with Crippen molar-refractivity contribution in [2.45, 2.75) is 26.3 Å².